The van der Waals surface area contributed by atoms with Gasteiger partial charge in [-0.2, -0.15) is 0 Å². The van der Waals surface area contributed by atoms with Gasteiger partial charge in [0.25, 0.3) is 11.8 Å². The van der Waals surface area contributed by atoms with E-state index in [1.807, 2.05) is 0 Å². The van der Waals surface area contributed by atoms with E-state index in [2.05, 4.69) is 5.32 Å². The summed E-state index contributed by atoms with van der Waals surface area (Å²) in [7, 11) is 0. The molecular formula is C18H13FN2O3. The summed E-state index contributed by atoms with van der Waals surface area (Å²) in [5.74, 6) is -1.29. The normalized spacial score (nSPS) is 10.4. The van der Waals surface area contributed by atoms with E-state index in [1.54, 1.807) is 41.9 Å². The van der Waals surface area contributed by atoms with Crippen LogP contribution in [0.15, 0.2) is 60.7 Å². The molecule has 0 heterocycles. The molecule has 0 spiro atoms. The van der Waals surface area contributed by atoms with Crippen molar-refractivity contribution in [3.8, 4) is 0 Å². The molecule has 0 saturated heterocycles. The van der Waals surface area contributed by atoms with Gasteiger partial charge in [-0.05, 0) is 59.3 Å². The van der Waals surface area contributed by atoms with Gasteiger partial charge in [-0.1, -0.05) is 12.1 Å². The Morgan fingerprint density at radius 3 is 1.88 bits per heavy atom. The molecule has 0 saturated carbocycles. The largest absolute Gasteiger partial charge is 0.322 e. The molecular weight excluding hydrogens is 311 g/mol. The smallest absolute Gasteiger partial charge is 0.274 e. The highest BCUT2D eigenvalue weighted by Crippen LogP contribution is 2.19. The number of hydroxylamine groups is 1. The van der Waals surface area contributed by atoms with Crippen LogP contribution in [0.2, 0.25) is 0 Å². The SMILES string of the molecule is O=C(NO)c1ccc2cc(C(=O)Nc3ccc(F)cc3)ccc2c1. The first-order valence-electron chi connectivity index (χ1n) is 7.12. The van der Waals surface area contributed by atoms with Crippen molar-refractivity contribution < 1.29 is 19.2 Å². The van der Waals surface area contributed by atoms with E-state index >= 15 is 0 Å². The maximum Gasteiger partial charge on any atom is 0.274 e. The van der Waals surface area contributed by atoms with Gasteiger partial charge in [0.05, 0.1) is 0 Å². The summed E-state index contributed by atoms with van der Waals surface area (Å²) in [4.78, 5) is 23.7. The Kier molecular flexibility index (Phi) is 4.22. The summed E-state index contributed by atoms with van der Waals surface area (Å²) in [6.45, 7) is 0. The average Bonchev–Trinajstić information content (AvgIpc) is 2.62. The number of benzene rings is 3. The highest BCUT2D eigenvalue weighted by atomic mass is 19.1. The third-order valence-electron chi connectivity index (χ3n) is 3.57. The van der Waals surface area contributed by atoms with Crippen LogP contribution in [0.5, 0.6) is 0 Å². The van der Waals surface area contributed by atoms with Gasteiger partial charge in [0.1, 0.15) is 5.82 Å². The van der Waals surface area contributed by atoms with Crippen molar-refractivity contribution in [2.24, 2.45) is 0 Å². The fraction of sp³-hybridized carbons (Fsp3) is 0. The number of nitrogens with one attached hydrogen (secondary N) is 2. The first-order chi connectivity index (χ1) is 11.6. The molecule has 2 amide bonds. The number of rotatable bonds is 3. The topological polar surface area (TPSA) is 78.4 Å². The number of hydrogen-bond donors (Lipinski definition) is 3. The molecule has 3 rings (SSSR count). The van der Waals surface area contributed by atoms with Crippen LogP contribution >= 0.6 is 0 Å². The molecule has 5 nitrogen and oxygen atoms in total. The Bertz CT molecular complexity index is 923. The van der Waals surface area contributed by atoms with Crippen molar-refractivity contribution in [2.75, 3.05) is 5.32 Å². The predicted molar refractivity (Wildman–Crippen MR) is 87.6 cm³/mol. The number of fused-ring (bicyclic) bond motifs is 1. The summed E-state index contributed by atoms with van der Waals surface area (Å²) in [5.41, 5.74) is 2.82. The molecule has 0 fully saturated rings. The maximum absolute atomic E-state index is 12.9. The quantitative estimate of drug-likeness (QED) is 0.511. The van der Waals surface area contributed by atoms with Gasteiger partial charge in [-0.3, -0.25) is 14.8 Å². The summed E-state index contributed by atoms with van der Waals surface area (Å²) in [5, 5.41) is 12.9. The molecule has 0 aliphatic carbocycles. The van der Waals surface area contributed by atoms with Crippen LogP contribution in [0, 0.1) is 5.82 Å². The van der Waals surface area contributed by atoms with Crippen LogP contribution < -0.4 is 10.8 Å². The van der Waals surface area contributed by atoms with Crippen molar-refractivity contribution in [3.05, 3.63) is 77.6 Å². The van der Waals surface area contributed by atoms with Gasteiger partial charge in [0.15, 0.2) is 0 Å². The minimum atomic E-state index is -0.602. The van der Waals surface area contributed by atoms with Crippen LogP contribution in [-0.2, 0) is 0 Å². The molecule has 3 aromatic carbocycles. The van der Waals surface area contributed by atoms with E-state index in [4.69, 9.17) is 5.21 Å². The van der Waals surface area contributed by atoms with E-state index in [-0.39, 0.29) is 11.7 Å². The van der Waals surface area contributed by atoms with E-state index in [0.717, 1.165) is 10.8 Å². The second-order valence-electron chi connectivity index (χ2n) is 5.18. The van der Waals surface area contributed by atoms with Gasteiger partial charge in [0, 0.05) is 16.8 Å². The number of carbonyl (C=O) groups excluding carboxylic acids is 2. The highest BCUT2D eigenvalue weighted by Gasteiger charge is 2.09. The number of carbonyl (C=O) groups is 2. The van der Waals surface area contributed by atoms with Crippen LogP contribution in [-0.4, -0.2) is 17.0 Å². The fourth-order valence-electron chi connectivity index (χ4n) is 2.33. The van der Waals surface area contributed by atoms with E-state index < -0.39 is 5.91 Å². The van der Waals surface area contributed by atoms with Crippen LogP contribution in [0.25, 0.3) is 10.8 Å². The van der Waals surface area contributed by atoms with Crippen LogP contribution in [0.1, 0.15) is 20.7 Å². The van der Waals surface area contributed by atoms with Crippen molar-refractivity contribution in [3.63, 3.8) is 0 Å². The van der Waals surface area contributed by atoms with Gasteiger partial charge in [0.2, 0.25) is 0 Å². The van der Waals surface area contributed by atoms with Crippen molar-refractivity contribution in [2.45, 2.75) is 0 Å². The molecule has 3 N–H and O–H groups in total. The van der Waals surface area contributed by atoms with Crippen LogP contribution in [0.4, 0.5) is 10.1 Å². The zero-order chi connectivity index (χ0) is 17.1. The van der Waals surface area contributed by atoms with Crippen molar-refractivity contribution in [1.82, 2.24) is 5.48 Å². The zero-order valence-corrected chi connectivity index (χ0v) is 12.4. The number of halogens is 1. The molecule has 6 heteroatoms. The second kappa shape index (κ2) is 6.47. The Morgan fingerprint density at radius 1 is 0.792 bits per heavy atom. The molecule has 3 aromatic rings. The fourth-order valence-corrected chi connectivity index (χ4v) is 2.33. The molecule has 0 aromatic heterocycles. The molecule has 0 radical (unpaired) electrons. The zero-order valence-electron chi connectivity index (χ0n) is 12.4. The molecule has 0 aliphatic rings. The molecule has 0 unspecified atom stereocenters. The monoisotopic (exact) mass is 324 g/mol. The maximum atomic E-state index is 12.9. The number of anilines is 1. The third kappa shape index (κ3) is 3.23. The van der Waals surface area contributed by atoms with E-state index in [0.29, 0.717) is 16.8 Å². The van der Waals surface area contributed by atoms with Gasteiger partial charge in [-0.25, -0.2) is 9.87 Å². The first kappa shape index (κ1) is 15.6. The van der Waals surface area contributed by atoms with Crippen molar-refractivity contribution in [1.29, 1.82) is 0 Å². The summed E-state index contributed by atoms with van der Waals surface area (Å²) in [6, 6.07) is 15.4. The highest BCUT2D eigenvalue weighted by molar-refractivity contribution is 6.07. The lowest BCUT2D eigenvalue weighted by Gasteiger charge is -2.07. The molecule has 0 aliphatic heterocycles. The molecule has 24 heavy (non-hydrogen) atoms. The lowest BCUT2D eigenvalue weighted by Crippen LogP contribution is -2.18. The predicted octanol–water partition coefficient (Wildman–Crippen LogP) is 3.35. The molecule has 120 valence electrons. The Morgan fingerprint density at radius 2 is 1.33 bits per heavy atom. The van der Waals surface area contributed by atoms with Gasteiger partial charge >= 0.3 is 0 Å². The van der Waals surface area contributed by atoms with E-state index in [9.17, 15) is 14.0 Å². The lowest BCUT2D eigenvalue weighted by atomic mass is 10.0. The van der Waals surface area contributed by atoms with E-state index in [1.165, 1.54) is 24.3 Å². The molecule has 0 bridgehead atoms. The van der Waals surface area contributed by atoms with Crippen molar-refractivity contribution >= 4 is 28.3 Å². The van der Waals surface area contributed by atoms with Crippen LogP contribution in [0.3, 0.4) is 0 Å². The number of amides is 2. The lowest BCUT2D eigenvalue weighted by molar-refractivity contribution is 0.0706. The Balaban J connectivity index is 1.86. The van der Waals surface area contributed by atoms with Gasteiger partial charge < -0.3 is 5.32 Å². The number of hydrogen-bond acceptors (Lipinski definition) is 3. The second-order valence-corrected chi connectivity index (χ2v) is 5.18. The Hall–Kier alpha value is -3.25. The average molecular weight is 324 g/mol. The van der Waals surface area contributed by atoms with Gasteiger partial charge in [-0.15, -0.1) is 0 Å². The summed E-state index contributed by atoms with van der Waals surface area (Å²) < 4.78 is 12.9. The molecule has 0 atom stereocenters. The Labute approximate surface area is 136 Å². The summed E-state index contributed by atoms with van der Waals surface area (Å²) in [6.07, 6.45) is 0. The minimum Gasteiger partial charge on any atom is -0.322 e. The third-order valence-corrected chi connectivity index (χ3v) is 3.57. The first-order valence-corrected chi connectivity index (χ1v) is 7.12. The minimum absolute atomic E-state index is 0.313. The summed E-state index contributed by atoms with van der Waals surface area (Å²) >= 11 is 0. The standard InChI is InChI=1S/C18H13FN2O3/c19-15-5-7-16(8-6-15)20-17(22)13-3-1-12-10-14(18(23)21-24)4-2-11(12)9-13/h1-10,24H,(H,20,22)(H,21,23).